The van der Waals surface area contributed by atoms with E-state index in [0.717, 1.165) is 5.56 Å². The van der Waals surface area contributed by atoms with Gasteiger partial charge in [0.25, 0.3) is 5.91 Å². The van der Waals surface area contributed by atoms with Crippen molar-refractivity contribution in [2.45, 2.75) is 25.5 Å². The molecule has 3 amide bonds. The van der Waals surface area contributed by atoms with Gasteiger partial charge in [0.1, 0.15) is 5.75 Å². The first kappa shape index (κ1) is 19.6. The Morgan fingerprint density at radius 3 is 2.37 bits per heavy atom. The van der Waals surface area contributed by atoms with Crippen LogP contribution in [-0.4, -0.2) is 48.3 Å². The molecule has 0 saturated carbocycles. The van der Waals surface area contributed by atoms with Gasteiger partial charge in [-0.3, -0.25) is 19.3 Å². The molecule has 1 saturated heterocycles. The van der Waals surface area contributed by atoms with Crippen LogP contribution in [0.25, 0.3) is 0 Å². The average Bonchev–Trinajstić information content (AvgIpc) is 3.09. The van der Waals surface area contributed by atoms with Gasteiger partial charge in [0.05, 0.1) is 25.9 Å². The molecule has 0 radical (unpaired) electrons. The van der Waals surface area contributed by atoms with E-state index in [9.17, 15) is 19.2 Å². The van der Waals surface area contributed by atoms with E-state index >= 15 is 0 Å². The third-order valence-electron chi connectivity index (χ3n) is 5.18. The van der Waals surface area contributed by atoms with Crippen molar-refractivity contribution >= 4 is 29.4 Å². The Hall–Kier alpha value is -3.68. The monoisotopic (exact) mass is 408 g/mol. The molecular formula is C22H20N2O6. The van der Waals surface area contributed by atoms with Crippen LogP contribution >= 0.6 is 0 Å². The molecule has 154 valence electrons. The van der Waals surface area contributed by atoms with Crippen LogP contribution in [-0.2, 0) is 25.7 Å². The Balaban J connectivity index is 1.55. The summed E-state index contributed by atoms with van der Waals surface area (Å²) in [6, 6.07) is 13.7. The number of esters is 1. The molecule has 0 aromatic heterocycles. The smallest absolute Gasteiger partial charge is 0.348 e. The maximum atomic E-state index is 13.2. The molecule has 2 aromatic rings. The fraction of sp³-hybridized carbons (Fsp3) is 0.273. The normalized spacial score (nSPS) is 18.1. The largest absolute Gasteiger partial charge is 0.475 e. The van der Waals surface area contributed by atoms with Crippen molar-refractivity contribution in [3.63, 3.8) is 0 Å². The van der Waals surface area contributed by atoms with Crippen LogP contribution in [0, 0.1) is 0 Å². The zero-order valence-corrected chi connectivity index (χ0v) is 16.4. The molecule has 0 aliphatic carbocycles. The van der Waals surface area contributed by atoms with Crippen molar-refractivity contribution in [2.75, 3.05) is 18.6 Å². The molecule has 0 bridgehead atoms. The van der Waals surface area contributed by atoms with Gasteiger partial charge in [0, 0.05) is 18.4 Å². The molecule has 2 heterocycles. The Morgan fingerprint density at radius 2 is 1.70 bits per heavy atom. The molecule has 2 aliphatic rings. The summed E-state index contributed by atoms with van der Waals surface area (Å²) in [7, 11) is 1.27. The summed E-state index contributed by atoms with van der Waals surface area (Å²) < 4.78 is 10.4. The number of nitrogens with zero attached hydrogens (tertiary/aromatic N) is 2. The van der Waals surface area contributed by atoms with E-state index in [2.05, 4.69) is 0 Å². The quantitative estimate of drug-likeness (QED) is 0.567. The molecule has 4 rings (SSSR count). The molecule has 2 aromatic carbocycles. The number of fused-ring (bicyclic) bond motifs is 1. The zero-order valence-electron chi connectivity index (χ0n) is 16.4. The molecular weight excluding hydrogens is 388 g/mol. The molecule has 0 N–H and O–H groups in total. The SMILES string of the molecule is COC(=O)C1CN(C(=O)c2ccc(CN3C(=O)CCC3=O)cc2)c2ccccc2O1. The van der Waals surface area contributed by atoms with Gasteiger partial charge in [0.2, 0.25) is 17.9 Å². The number of para-hydroxylation sites is 2. The predicted octanol–water partition coefficient (Wildman–Crippen LogP) is 1.92. The third kappa shape index (κ3) is 3.63. The number of imide groups is 1. The Kier molecular flexibility index (Phi) is 5.22. The molecule has 1 fully saturated rings. The third-order valence-corrected chi connectivity index (χ3v) is 5.18. The minimum atomic E-state index is -0.916. The van der Waals surface area contributed by atoms with Crippen LogP contribution in [0.1, 0.15) is 28.8 Å². The van der Waals surface area contributed by atoms with E-state index in [1.165, 1.54) is 16.9 Å². The minimum absolute atomic E-state index is 0.0288. The lowest BCUT2D eigenvalue weighted by molar-refractivity contribution is -0.148. The van der Waals surface area contributed by atoms with E-state index < -0.39 is 12.1 Å². The second-order valence-electron chi connectivity index (χ2n) is 7.08. The van der Waals surface area contributed by atoms with Crippen molar-refractivity contribution in [2.24, 2.45) is 0 Å². The summed E-state index contributed by atoms with van der Waals surface area (Å²) in [5.41, 5.74) is 1.74. The minimum Gasteiger partial charge on any atom is -0.475 e. The van der Waals surface area contributed by atoms with Gasteiger partial charge in [-0.15, -0.1) is 0 Å². The molecule has 2 aliphatic heterocycles. The summed E-state index contributed by atoms with van der Waals surface area (Å²) in [5.74, 6) is -0.787. The van der Waals surface area contributed by atoms with Crippen LogP contribution in [0.4, 0.5) is 5.69 Å². The first-order valence-electron chi connectivity index (χ1n) is 9.55. The average molecular weight is 408 g/mol. The summed E-state index contributed by atoms with van der Waals surface area (Å²) in [6.45, 7) is 0.220. The number of anilines is 1. The first-order chi connectivity index (χ1) is 14.5. The van der Waals surface area contributed by atoms with Crippen LogP contribution in [0.5, 0.6) is 5.75 Å². The second-order valence-corrected chi connectivity index (χ2v) is 7.08. The lowest BCUT2D eigenvalue weighted by Crippen LogP contribution is -2.47. The number of benzene rings is 2. The predicted molar refractivity (Wildman–Crippen MR) is 106 cm³/mol. The van der Waals surface area contributed by atoms with Gasteiger partial charge in [-0.2, -0.15) is 0 Å². The van der Waals surface area contributed by atoms with Gasteiger partial charge in [0.15, 0.2) is 0 Å². The lowest BCUT2D eigenvalue weighted by Gasteiger charge is -2.33. The number of likely N-dealkylation sites (tertiary alicyclic amines) is 1. The van der Waals surface area contributed by atoms with Crippen molar-refractivity contribution in [1.82, 2.24) is 4.90 Å². The van der Waals surface area contributed by atoms with Gasteiger partial charge in [-0.25, -0.2) is 4.79 Å². The number of amides is 3. The van der Waals surface area contributed by atoms with Gasteiger partial charge in [-0.1, -0.05) is 24.3 Å². The molecule has 8 heteroatoms. The highest BCUT2D eigenvalue weighted by Crippen LogP contribution is 2.34. The van der Waals surface area contributed by atoms with Crippen molar-refractivity contribution in [1.29, 1.82) is 0 Å². The fourth-order valence-corrected chi connectivity index (χ4v) is 3.57. The van der Waals surface area contributed by atoms with Crippen molar-refractivity contribution in [3.05, 3.63) is 59.7 Å². The number of carbonyl (C=O) groups is 4. The van der Waals surface area contributed by atoms with Crippen molar-refractivity contribution in [3.8, 4) is 5.75 Å². The summed E-state index contributed by atoms with van der Waals surface area (Å²) in [6.07, 6.45) is -0.430. The molecule has 1 unspecified atom stereocenters. The number of methoxy groups -OCH3 is 1. The molecule has 30 heavy (non-hydrogen) atoms. The van der Waals surface area contributed by atoms with E-state index in [4.69, 9.17) is 9.47 Å². The van der Waals surface area contributed by atoms with Gasteiger partial charge < -0.3 is 14.4 Å². The van der Waals surface area contributed by atoms with Crippen LogP contribution in [0.2, 0.25) is 0 Å². The molecule has 0 spiro atoms. The fourth-order valence-electron chi connectivity index (χ4n) is 3.57. The highest BCUT2D eigenvalue weighted by atomic mass is 16.6. The first-order valence-corrected chi connectivity index (χ1v) is 9.55. The number of hydrogen-bond acceptors (Lipinski definition) is 6. The highest BCUT2D eigenvalue weighted by Gasteiger charge is 2.35. The molecule has 1 atom stereocenters. The highest BCUT2D eigenvalue weighted by molar-refractivity contribution is 6.07. The maximum Gasteiger partial charge on any atom is 0.348 e. The van der Waals surface area contributed by atoms with Crippen molar-refractivity contribution < 1.29 is 28.7 Å². The topological polar surface area (TPSA) is 93.2 Å². The number of rotatable bonds is 4. The second kappa shape index (κ2) is 7.98. The number of hydrogen-bond donors (Lipinski definition) is 0. The van der Waals surface area contributed by atoms with Crippen LogP contribution in [0.3, 0.4) is 0 Å². The Morgan fingerprint density at radius 1 is 1.03 bits per heavy atom. The zero-order chi connectivity index (χ0) is 21.3. The Labute approximate surface area is 173 Å². The van der Waals surface area contributed by atoms with Crippen LogP contribution < -0.4 is 9.64 Å². The number of carbonyl (C=O) groups excluding carboxylic acids is 4. The van der Waals surface area contributed by atoms with E-state index in [0.29, 0.717) is 17.0 Å². The lowest BCUT2D eigenvalue weighted by atomic mass is 10.1. The van der Waals surface area contributed by atoms with E-state index in [1.807, 2.05) is 0 Å². The van der Waals surface area contributed by atoms with E-state index in [1.54, 1.807) is 48.5 Å². The summed E-state index contributed by atoms with van der Waals surface area (Å²) in [4.78, 5) is 51.5. The maximum absolute atomic E-state index is 13.2. The standard InChI is InChI=1S/C22H20N2O6/c1-29-22(28)18-13-23(16-4-2-3-5-17(16)30-18)21(27)15-8-6-14(7-9-15)12-24-19(25)10-11-20(24)26/h2-9,18H,10-13H2,1H3. The van der Waals surface area contributed by atoms with Gasteiger partial charge in [-0.05, 0) is 29.8 Å². The summed E-state index contributed by atoms with van der Waals surface area (Å²) in [5, 5.41) is 0. The van der Waals surface area contributed by atoms with Crippen LogP contribution in [0.15, 0.2) is 48.5 Å². The van der Waals surface area contributed by atoms with E-state index in [-0.39, 0.29) is 43.7 Å². The van der Waals surface area contributed by atoms with Gasteiger partial charge >= 0.3 is 5.97 Å². The molecule has 8 nitrogen and oxygen atoms in total. The number of ether oxygens (including phenoxy) is 2. The Bertz CT molecular complexity index is 1000. The summed E-state index contributed by atoms with van der Waals surface area (Å²) >= 11 is 0.